The molecule has 30 heavy (non-hydrogen) atoms. The summed E-state index contributed by atoms with van der Waals surface area (Å²) in [6.07, 6.45) is 2.19. The fourth-order valence-corrected chi connectivity index (χ4v) is 3.44. The minimum Gasteiger partial charge on any atom is -0.466 e. The molecule has 1 aromatic carbocycles. The molecule has 2 N–H and O–H groups in total. The molecule has 164 valence electrons. The molecule has 1 atom stereocenters. The second kappa shape index (κ2) is 9.78. The number of anilines is 1. The van der Waals surface area contributed by atoms with Gasteiger partial charge in [0, 0.05) is 24.4 Å². The Hall–Kier alpha value is -2.83. The van der Waals surface area contributed by atoms with E-state index in [1.165, 1.54) is 7.11 Å². The first-order valence-electron chi connectivity index (χ1n) is 10.3. The molecule has 1 heterocycles. The van der Waals surface area contributed by atoms with Crippen LogP contribution in [0.2, 0.25) is 0 Å². The van der Waals surface area contributed by atoms with E-state index in [1.807, 2.05) is 27.7 Å². The van der Waals surface area contributed by atoms with Gasteiger partial charge in [0.25, 0.3) is 0 Å². The molecule has 0 bridgehead atoms. The summed E-state index contributed by atoms with van der Waals surface area (Å²) in [7, 11) is 1.33. The quantitative estimate of drug-likeness (QED) is 0.647. The maximum absolute atomic E-state index is 12.7. The van der Waals surface area contributed by atoms with Crippen LogP contribution >= 0.6 is 0 Å². The summed E-state index contributed by atoms with van der Waals surface area (Å²) in [6, 6.07) is 6.31. The third-order valence-corrected chi connectivity index (χ3v) is 4.96. The number of nitrogens with one attached hydrogen (secondary N) is 2. The highest BCUT2D eigenvalue weighted by molar-refractivity contribution is 5.95. The molecular formula is C23H33N3O4. The number of hydrogen-bond acceptors (Lipinski definition) is 4. The third-order valence-electron chi connectivity index (χ3n) is 4.96. The number of carbonyl (C=O) groups is 3. The third kappa shape index (κ3) is 5.84. The first-order valence-corrected chi connectivity index (χ1v) is 10.3. The van der Waals surface area contributed by atoms with Gasteiger partial charge >= 0.3 is 12.0 Å². The summed E-state index contributed by atoms with van der Waals surface area (Å²) in [5.74, 6) is -0.527. The van der Waals surface area contributed by atoms with E-state index in [-0.39, 0.29) is 17.4 Å². The lowest BCUT2D eigenvalue weighted by atomic mass is 9.92. The van der Waals surface area contributed by atoms with E-state index in [2.05, 4.69) is 10.6 Å². The van der Waals surface area contributed by atoms with E-state index in [0.717, 1.165) is 18.4 Å². The number of rotatable bonds is 7. The van der Waals surface area contributed by atoms with Gasteiger partial charge in [0.2, 0.25) is 5.91 Å². The maximum atomic E-state index is 12.7. The molecule has 0 spiro atoms. The van der Waals surface area contributed by atoms with Crippen LogP contribution in [0.3, 0.4) is 0 Å². The van der Waals surface area contributed by atoms with Gasteiger partial charge in [-0.3, -0.25) is 9.69 Å². The van der Waals surface area contributed by atoms with Gasteiger partial charge in [-0.05, 0) is 36.5 Å². The molecule has 0 aromatic heterocycles. The number of benzene rings is 1. The van der Waals surface area contributed by atoms with Crippen LogP contribution in [0.5, 0.6) is 0 Å². The van der Waals surface area contributed by atoms with Crippen LogP contribution in [0.1, 0.15) is 65.5 Å². The number of amides is 3. The van der Waals surface area contributed by atoms with Gasteiger partial charge in [0.1, 0.15) is 0 Å². The number of unbranched alkanes of at least 4 members (excludes halogenated alkanes) is 1. The Kier molecular flexibility index (Phi) is 7.65. The van der Waals surface area contributed by atoms with Gasteiger partial charge in [0.05, 0.1) is 18.7 Å². The topological polar surface area (TPSA) is 87.7 Å². The summed E-state index contributed by atoms with van der Waals surface area (Å²) in [6.45, 7) is 10.4. The highest BCUT2D eigenvalue weighted by Gasteiger charge is 2.35. The number of carbonyl (C=O) groups excluding carboxylic acids is 3. The average molecular weight is 416 g/mol. The van der Waals surface area contributed by atoms with E-state index in [9.17, 15) is 14.4 Å². The van der Waals surface area contributed by atoms with Crippen molar-refractivity contribution in [3.8, 4) is 0 Å². The molecule has 7 heteroatoms. The lowest BCUT2D eigenvalue weighted by Gasteiger charge is -2.35. The van der Waals surface area contributed by atoms with Crippen molar-refractivity contribution in [3.05, 3.63) is 41.1 Å². The molecule has 3 amide bonds. The second-order valence-electron chi connectivity index (χ2n) is 8.79. The molecule has 0 unspecified atom stereocenters. The number of hydrogen-bond donors (Lipinski definition) is 2. The molecule has 0 radical (unpaired) electrons. The van der Waals surface area contributed by atoms with Crippen LogP contribution in [0.25, 0.3) is 0 Å². The summed E-state index contributed by atoms with van der Waals surface area (Å²) in [5, 5.41) is 5.80. The molecule has 1 aromatic rings. The van der Waals surface area contributed by atoms with Crippen molar-refractivity contribution in [2.24, 2.45) is 5.41 Å². The van der Waals surface area contributed by atoms with E-state index < -0.39 is 12.0 Å². The van der Waals surface area contributed by atoms with Crippen molar-refractivity contribution in [2.45, 2.75) is 59.9 Å². The molecule has 2 rings (SSSR count). The SMILES string of the molecule is CCCCN1C(=O)N[C@H](c2ccc(NC(=O)CC(C)(C)C)cc2)C(C(=O)OC)=C1C. The zero-order valence-electron chi connectivity index (χ0n) is 18.8. The molecule has 1 aliphatic heterocycles. The summed E-state index contributed by atoms with van der Waals surface area (Å²) in [5.41, 5.74) is 2.33. The number of esters is 1. The zero-order chi connectivity index (χ0) is 22.5. The number of allylic oxidation sites excluding steroid dienone is 1. The van der Waals surface area contributed by atoms with Crippen LogP contribution in [0.15, 0.2) is 35.5 Å². The van der Waals surface area contributed by atoms with Crippen LogP contribution in [0.4, 0.5) is 10.5 Å². The Balaban J connectivity index is 2.28. The fraction of sp³-hybridized carbons (Fsp3) is 0.522. The average Bonchev–Trinajstić information content (AvgIpc) is 2.66. The highest BCUT2D eigenvalue weighted by atomic mass is 16.5. The van der Waals surface area contributed by atoms with E-state index in [4.69, 9.17) is 4.74 Å². The Morgan fingerprint density at radius 2 is 1.83 bits per heavy atom. The molecule has 0 saturated heterocycles. The van der Waals surface area contributed by atoms with Gasteiger partial charge in [0.15, 0.2) is 0 Å². The highest BCUT2D eigenvalue weighted by Crippen LogP contribution is 2.32. The smallest absolute Gasteiger partial charge is 0.337 e. The molecule has 0 aliphatic carbocycles. The van der Waals surface area contributed by atoms with Gasteiger partial charge < -0.3 is 15.4 Å². The van der Waals surface area contributed by atoms with Gasteiger partial charge in [-0.1, -0.05) is 46.2 Å². The minimum atomic E-state index is -0.609. The lowest BCUT2D eigenvalue weighted by molar-refractivity contribution is -0.136. The van der Waals surface area contributed by atoms with Crippen LogP contribution in [-0.4, -0.2) is 36.5 Å². The van der Waals surface area contributed by atoms with Gasteiger partial charge in [-0.25, -0.2) is 9.59 Å². The predicted octanol–water partition coefficient (Wildman–Crippen LogP) is 4.37. The van der Waals surface area contributed by atoms with E-state index in [1.54, 1.807) is 36.1 Å². The normalized spacial score (nSPS) is 16.9. The van der Waals surface area contributed by atoms with Crippen molar-refractivity contribution in [2.75, 3.05) is 19.0 Å². The van der Waals surface area contributed by atoms with Crippen molar-refractivity contribution >= 4 is 23.6 Å². The number of nitrogens with zero attached hydrogens (tertiary/aromatic N) is 1. The van der Waals surface area contributed by atoms with Crippen LogP contribution in [0, 0.1) is 5.41 Å². The Bertz CT molecular complexity index is 822. The first kappa shape index (κ1) is 23.4. The molecule has 7 nitrogen and oxygen atoms in total. The maximum Gasteiger partial charge on any atom is 0.337 e. The second-order valence-corrected chi connectivity index (χ2v) is 8.79. The Labute approximate surface area is 178 Å². The lowest BCUT2D eigenvalue weighted by Crippen LogP contribution is -2.48. The molecule has 0 fully saturated rings. The number of urea groups is 1. The van der Waals surface area contributed by atoms with Crippen molar-refractivity contribution in [1.82, 2.24) is 10.2 Å². The zero-order valence-corrected chi connectivity index (χ0v) is 18.8. The largest absolute Gasteiger partial charge is 0.466 e. The molecular weight excluding hydrogens is 382 g/mol. The van der Waals surface area contributed by atoms with E-state index >= 15 is 0 Å². The van der Waals surface area contributed by atoms with Crippen molar-refractivity contribution < 1.29 is 19.1 Å². The van der Waals surface area contributed by atoms with E-state index in [0.29, 0.717) is 29.9 Å². The fourth-order valence-electron chi connectivity index (χ4n) is 3.44. The Morgan fingerprint density at radius 1 is 1.20 bits per heavy atom. The van der Waals surface area contributed by atoms with Crippen molar-refractivity contribution in [1.29, 1.82) is 0 Å². The summed E-state index contributed by atoms with van der Waals surface area (Å²) < 4.78 is 4.99. The van der Waals surface area contributed by atoms with Crippen LogP contribution in [-0.2, 0) is 14.3 Å². The van der Waals surface area contributed by atoms with Crippen molar-refractivity contribution in [3.63, 3.8) is 0 Å². The number of methoxy groups -OCH3 is 1. The standard InChI is InChI=1S/C23H33N3O4/c1-7-8-13-26-15(2)19(21(28)30-6)20(25-22(26)29)16-9-11-17(12-10-16)24-18(27)14-23(3,4)5/h9-12,20H,7-8,13-14H2,1-6H3,(H,24,27)(H,25,29)/t20-/m1/s1. The summed E-state index contributed by atoms with van der Waals surface area (Å²) in [4.78, 5) is 38.9. The number of ether oxygens (including phenoxy) is 1. The Morgan fingerprint density at radius 3 is 2.37 bits per heavy atom. The predicted molar refractivity (Wildman–Crippen MR) is 117 cm³/mol. The molecule has 1 aliphatic rings. The van der Waals surface area contributed by atoms with Crippen LogP contribution < -0.4 is 10.6 Å². The minimum absolute atomic E-state index is 0.0567. The van der Waals surface area contributed by atoms with Gasteiger partial charge in [-0.15, -0.1) is 0 Å². The summed E-state index contributed by atoms with van der Waals surface area (Å²) >= 11 is 0. The van der Waals surface area contributed by atoms with Gasteiger partial charge in [-0.2, -0.15) is 0 Å². The molecule has 0 saturated carbocycles. The first-order chi connectivity index (χ1) is 14.1. The monoisotopic (exact) mass is 415 g/mol.